The van der Waals surface area contributed by atoms with E-state index in [1.807, 2.05) is 30.3 Å². The highest BCUT2D eigenvalue weighted by Gasteiger charge is 2.10. The smallest absolute Gasteiger partial charge is 0.328 e. The average Bonchev–Trinajstić information content (AvgIpc) is 2.69. The van der Waals surface area contributed by atoms with Crippen molar-refractivity contribution in [1.82, 2.24) is 19.5 Å². The van der Waals surface area contributed by atoms with E-state index in [0.717, 1.165) is 5.56 Å². The Kier molecular flexibility index (Phi) is 2.68. The lowest BCUT2D eigenvalue weighted by molar-refractivity contribution is 0.778. The molecule has 19 heavy (non-hydrogen) atoms. The first-order valence-corrected chi connectivity index (χ1v) is 6.08. The third kappa shape index (κ3) is 2.04. The second-order valence-electron chi connectivity index (χ2n) is 4.15. The molecule has 6 nitrogen and oxygen atoms in total. The lowest BCUT2D eigenvalue weighted by atomic mass is 10.2. The van der Waals surface area contributed by atoms with Gasteiger partial charge in [-0.1, -0.05) is 42.5 Å². The topological polar surface area (TPSA) is 92.5 Å². The molecule has 0 saturated carbocycles. The van der Waals surface area contributed by atoms with Gasteiger partial charge in [0.2, 0.25) is 0 Å². The van der Waals surface area contributed by atoms with Crippen LogP contribution in [0.25, 0.3) is 11.2 Å². The Bertz CT molecular complexity index is 846. The number of nitrogen functional groups attached to an aromatic ring is 1. The van der Waals surface area contributed by atoms with Crippen molar-refractivity contribution in [3.8, 4) is 0 Å². The maximum Gasteiger partial charge on any atom is 0.328 e. The SMILES string of the molecule is Nc1nc(=S)c2[nH]c(=O)n(Cc3ccccc3)c2[nH]1. The Morgan fingerprint density at radius 3 is 2.74 bits per heavy atom. The molecule has 2 aromatic heterocycles. The zero-order chi connectivity index (χ0) is 13.4. The quantitative estimate of drug-likeness (QED) is 0.615. The number of H-pyrrole nitrogens is 2. The molecular formula is C12H11N5OS. The first-order chi connectivity index (χ1) is 9.15. The van der Waals surface area contributed by atoms with Crippen LogP contribution in [-0.4, -0.2) is 19.5 Å². The van der Waals surface area contributed by atoms with Gasteiger partial charge in [0.1, 0.15) is 11.2 Å². The molecule has 0 saturated heterocycles. The molecule has 96 valence electrons. The fourth-order valence-electron chi connectivity index (χ4n) is 1.99. The second kappa shape index (κ2) is 4.36. The van der Waals surface area contributed by atoms with Crippen molar-refractivity contribution < 1.29 is 0 Å². The van der Waals surface area contributed by atoms with Crippen LogP contribution in [-0.2, 0) is 6.54 Å². The number of nitrogens with zero attached hydrogens (tertiary/aromatic N) is 2. The summed E-state index contributed by atoms with van der Waals surface area (Å²) < 4.78 is 1.84. The number of nitrogens with two attached hydrogens (primary N) is 1. The van der Waals surface area contributed by atoms with E-state index < -0.39 is 0 Å². The lowest BCUT2D eigenvalue weighted by Gasteiger charge is -2.03. The minimum absolute atomic E-state index is 0.193. The van der Waals surface area contributed by atoms with Crippen LogP contribution >= 0.6 is 12.2 Å². The van der Waals surface area contributed by atoms with Crippen molar-refractivity contribution >= 4 is 29.3 Å². The van der Waals surface area contributed by atoms with Crippen LogP contribution in [0.3, 0.4) is 0 Å². The summed E-state index contributed by atoms with van der Waals surface area (Å²) in [5.74, 6) is 0.193. The van der Waals surface area contributed by atoms with E-state index in [1.54, 1.807) is 4.57 Å². The Labute approximate surface area is 112 Å². The summed E-state index contributed by atoms with van der Waals surface area (Å²) in [5.41, 5.74) is 7.47. The number of hydrogen-bond donors (Lipinski definition) is 3. The summed E-state index contributed by atoms with van der Waals surface area (Å²) in [6, 6.07) is 9.67. The van der Waals surface area contributed by atoms with Crippen LogP contribution < -0.4 is 11.4 Å². The van der Waals surface area contributed by atoms with E-state index in [-0.39, 0.29) is 16.3 Å². The summed E-state index contributed by atoms with van der Waals surface area (Å²) in [6.45, 7) is 0.439. The number of rotatable bonds is 2. The van der Waals surface area contributed by atoms with Gasteiger partial charge in [-0.25, -0.2) is 9.78 Å². The van der Waals surface area contributed by atoms with Crippen molar-refractivity contribution in [2.75, 3.05) is 5.73 Å². The number of aromatic nitrogens is 4. The zero-order valence-electron chi connectivity index (χ0n) is 9.88. The molecule has 0 aliphatic heterocycles. The molecule has 3 aromatic rings. The number of imidazole rings is 1. The predicted molar refractivity (Wildman–Crippen MR) is 75.5 cm³/mol. The summed E-state index contributed by atoms with van der Waals surface area (Å²) in [6.07, 6.45) is 0. The highest BCUT2D eigenvalue weighted by molar-refractivity contribution is 7.71. The van der Waals surface area contributed by atoms with Crippen molar-refractivity contribution in [3.63, 3.8) is 0 Å². The van der Waals surface area contributed by atoms with Crippen LogP contribution in [0.1, 0.15) is 5.56 Å². The van der Waals surface area contributed by atoms with Crippen molar-refractivity contribution in [2.24, 2.45) is 0 Å². The van der Waals surface area contributed by atoms with Crippen molar-refractivity contribution in [1.29, 1.82) is 0 Å². The van der Waals surface area contributed by atoms with Gasteiger partial charge < -0.3 is 15.7 Å². The summed E-state index contributed by atoms with van der Waals surface area (Å²) in [4.78, 5) is 21.5. The highest BCUT2D eigenvalue weighted by atomic mass is 32.1. The molecular weight excluding hydrogens is 262 g/mol. The number of nitrogens with one attached hydrogen (secondary N) is 2. The standard InChI is InChI=1S/C12H11N5OS/c13-11-15-9-8(10(19)16-11)14-12(18)17(9)6-7-4-2-1-3-5-7/h1-5H,6H2,(H,14,18)(H3,13,15,16,19). The fraction of sp³-hybridized carbons (Fsp3) is 0.0833. The zero-order valence-corrected chi connectivity index (χ0v) is 10.7. The maximum atomic E-state index is 12.0. The molecule has 0 atom stereocenters. The largest absolute Gasteiger partial charge is 0.369 e. The van der Waals surface area contributed by atoms with Crippen molar-refractivity contribution in [3.05, 3.63) is 51.0 Å². The molecule has 0 spiro atoms. The number of aromatic amines is 2. The van der Waals surface area contributed by atoms with E-state index in [1.165, 1.54) is 0 Å². The van der Waals surface area contributed by atoms with Gasteiger partial charge in [-0.05, 0) is 5.56 Å². The molecule has 0 amide bonds. The Morgan fingerprint density at radius 1 is 1.26 bits per heavy atom. The van der Waals surface area contributed by atoms with Crippen LogP contribution in [0, 0.1) is 4.64 Å². The molecule has 2 heterocycles. The van der Waals surface area contributed by atoms with E-state index in [4.69, 9.17) is 18.0 Å². The monoisotopic (exact) mass is 273 g/mol. The molecule has 0 unspecified atom stereocenters. The Morgan fingerprint density at radius 2 is 2.00 bits per heavy atom. The maximum absolute atomic E-state index is 12.0. The normalized spacial score (nSPS) is 10.9. The molecule has 0 aliphatic rings. The number of anilines is 1. The number of hydrogen-bond acceptors (Lipinski definition) is 4. The number of fused-ring (bicyclic) bond motifs is 1. The van der Waals surface area contributed by atoms with Gasteiger partial charge in [0.15, 0.2) is 10.6 Å². The summed E-state index contributed by atoms with van der Waals surface area (Å²) in [7, 11) is 0. The van der Waals surface area contributed by atoms with Crippen LogP contribution in [0.2, 0.25) is 0 Å². The molecule has 0 bridgehead atoms. The van der Waals surface area contributed by atoms with Crippen molar-refractivity contribution in [2.45, 2.75) is 6.54 Å². The molecule has 0 radical (unpaired) electrons. The Balaban J connectivity index is 2.21. The van der Waals surface area contributed by atoms with Gasteiger partial charge in [-0.2, -0.15) is 0 Å². The third-order valence-corrected chi connectivity index (χ3v) is 3.15. The molecule has 4 N–H and O–H groups in total. The predicted octanol–water partition coefficient (Wildman–Crippen LogP) is 1.41. The summed E-state index contributed by atoms with van der Waals surface area (Å²) >= 11 is 5.08. The lowest BCUT2D eigenvalue weighted by Crippen LogP contribution is -2.17. The third-order valence-electron chi connectivity index (χ3n) is 2.85. The van der Waals surface area contributed by atoms with Crippen LogP contribution in [0.15, 0.2) is 35.1 Å². The van der Waals surface area contributed by atoms with E-state index >= 15 is 0 Å². The first-order valence-electron chi connectivity index (χ1n) is 5.67. The van der Waals surface area contributed by atoms with Gasteiger partial charge in [0.05, 0.1) is 6.54 Å². The molecule has 1 aromatic carbocycles. The highest BCUT2D eigenvalue weighted by Crippen LogP contribution is 2.11. The average molecular weight is 273 g/mol. The van der Waals surface area contributed by atoms with Crippen LogP contribution in [0.4, 0.5) is 5.95 Å². The van der Waals surface area contributed by atoms with Gasteiger partial charge >= 0.3 is 5.69 Å². The van der Waals surface area contributed by atoms with Crippen LogP contribution in [0.5, 0.6) is 0 Å². The molecule has 0 aliphatic carbocycles. The first kappa shape index (κ1) is 11.7. The van der Waals surface area contributed by atoms with E-state index in [0.29, 0.717) is 17.7 Å². The minimum Gasteiger partial charge on any atom is -0.369 e. The Hall–Kier alpha value is -2.41. The van der Waals surface area contributed by atoms with E-state index in [2.05, 4.69) is 15.0 Å². The van der Waals surface area contributed by atoms with E-state index in [9.17, 15) is 4.79 Å². The van der Waals surface area contributed by atoms with Gasteiger partial charge in [0, 0.05) is 0 Å². The minimum atomic E-state index is -0.242. The van der Waals surface area contributed by atoms with Gasteiger partial charge in [-0.15, -0.1) is 0 Å². The molecule has 7 heteroatoms. The fourth-order valence-corrected chi connectivity index (χ4v) is 2.23. The molecule has 0 fully saturated rings. The number of benzene rings is 1. The second-order valence-corrected chi connectivity index (χ2v) is 4.54. The summed E-state index contributed by atoms with van der Waals surface area (Å²) in [5, 5.41) is 0. The van der Waals surface area contributed by atoms with Gasteiger partial charge in [-0.3, -0.25) is 4.57 Å². The molecule has 3 rings (SSSR count). The van der Waals surface area contributed by atoms with Gasteiger partial charge in [0.25, 0.3) is 0 Å².